The topological polar surface area (TPSA) is 51.6 Å². The van der Waals surface area contributed by atoms with Crippen LogP contribution < -0.4 is 0 Å². The molecular weight excluding hydrogens is 304 g/mol. The number of hydrogen-bond acceptors (Lipinski definition) is 4. The SMILES string of the molecule is Brc1ccc(-c2nnc(-c3ccccc3)nn2)cc1. The zero-order valence-electron chi connectivity index (χ0n) is 9.86. The molecule has 0 amide bonds. The molecule has 2 aromatic carbocycles. The van der Waals surface area contributed by atoms with Gasteiger partial charge in [0, 0.05) is 15.6 Å². The Morgan fingerprint density at radius 2 is 1.05 bits per heavy atom. The Balaban J connectivity index is 1.93. The van der Waals surface area contributed by atoms with E-state index in [0.717, 1.165) is 15.6 Å². The van der Waals surface area contributed by atoms with E-state index in [4.69, 9.17) is 0 Å². The molecule has 0 bridgehead atoms. The molecule has 1 aromatic heterocycles. The molecule has 4 nitrogen and oxygen atoms in total. The van der Waals surface area contributed by atoms with Crippen LogP contribution in [0, 0.1) is 0 Å². The van der Waals surface area contributed by atoms with Crippen LogP contribution in [-0.2, 0) is 0 Å². The van der Waals surface area contributed by atoms with Crippen molar-refractivity contribution in [3.8, 4) is 22.8 Å². The van der Waals surface area contributed by atoms with Crippen molar-refractivity contribution in [3.63, 3.8) is 0 Å². The van der Waals surface area contributed by atoms with Gasteiger partial charge in [-0.1, -0.05) is 46.3 Å². The fourth-order valence-electron chi connectivity index (χ4n) is 1.65. The summed E-state index contributed by atoms with van der Waals surface area (Å²) in [7, 11) is 0. The summed E-state index contributed by atoms with van der Waals surface area (Å²) in [6, 6.07) is 17.4. The van der Waals surface area contributed by atoms with Gasteiger partial charge in [-0.15, -0.1) is 20.4 Å². The van der Waals surface area contributed by atoms with Crippen molar-refractivity contribution in [3.05, 3.63) is 59.1 Å². The molecule has 19 heavy (non-hydrogen) atoms. The Morgan fingerprint density at radius 1 is 0.579 bits per heavy atom. The summed E-state index contributed by atoms with van der Waals surface area (Å²) in [5.41, 5.74) is 1.80. The van der Waals surface area contributed by atoms with Crippen LogP contribution in [0.25, 0.3) is 22.8 Å². The molecule has 0 aliphatic carbocycles. The minimum absolute atomic E-state index is 0.521. The first-order valence-corrected chi connectivity index (χ1v) is 6.51. The van der Waals surface area contributed by atoms with Crippen LogP contribution in [0.2, 0.25) is 0 Å². The van der Waals surface area contributed by atoms with E-state index in [0.29, 0.717) is 11.6 Å². The van der Waals surface area contributed by atoms with E-state index in [-0.39, 0.29) is 0 Å². The maximum absolute atomic E-state index is 4.12. The van der Waals surface area contributed by atoms with Crippen molar-refractivity contribution in [2.75, 3.05) is 0 Å². The largest absolute Gasteiger partial charge is 0.203 e. The molecule has 0 radical (unpaired) electrons. The number of benzene rings is 2. The minimum Gasteiger partial charge on any atom is -0.126 e. The van der Waals surface area contributed by atoms with Crippen molar-refractivity contribution in [1.29, 1.82) is 0 Å². The Hall–Kier alpha value is -2.14. The normalized spacial score (nSPS) is 10.4. The van der Waals surface area contributed by atoms with Crippen molar-refractivity contribution < 1.29 is 0 Å². The number of aromatic nitrogens is 4. The maximum Gasteiger partial charge on any atom is 0.203 e. The number of rotatable bonds is 2. The van der Waals surface area contributed by atoms with E-state index in [1.807, 2.05) is 54.6 Å². The van der Waals surface area contributed by atoms with Crippen LogP contribution >= 0.6 is 15.9 Å². The van der Waals surface area contributed by atoms with E-state index in [2.05, 4.69) is 36.3 Å². The van der Waals surface area contributed by atoms with Crippen molar-refractivity contribution in [2.45, 2.75) is 0 Å². The molecule has 0 aliphatic rings. The summed E-state index contributed by atoms with van der Waals surface area (Å²) in [5, 5.41) is 16.5. The Morgan fingerprint density at radius 3 is 1.58 bits per heavy atom. The second kappa shape index (κ2) is 5.24. The van der Waals surface area contributed by atoms with E-state index < -0.39 is 0 Å². The van der Waals surface area contributed by atoms with Gasteiger partial charge in [0.05, 0.1) is 0 Å². The van der Waals surface area contributed by atoms with E-state index in [1.165, 1.54) is 0 Å². The van der Waals surface area contributed by atoms with Gasteiger partial charge in [-0.2, -0.15) is 0 Å². The highest BCUT2D eigenvalue weighted by molar-refractivity contribution is 9.10. The first kappa shape index (κ1) is 11.9. The summed E-state index contributed by atoms with van der Waals surface area (Å²) in [5.74, 6) is 1.05. The smallest absolute Gasteiger partial charge is 0.126 e. The number of hydrogen-bond donors (Lipinski definition) is 0. The van der Waals surface area contributed by atoms with Gasteiger partial charge >= 0.3 is 0 Å². The van der Waals surface area contributed by atoms with Gasteiger partial charge in [-0.05, 0) is 24.3 Å². The molecule has 3 aromatic rings. The third-order valence-electron chi connectivity index (χ3n) is 2.61. The summed E-state index contributed by atoms with van der Waals surface area (Å²) in [4.78, 5) is 0. The second-order valence-electron chi connectivity index (χ2n) is 3.92. The predicted molar refractivity (Wildman–Crippen MR) is 76.2 cm³/mol. The fraction of sp³-hybridized carbons (Fsp3) is 0. The average molecular weight is 313 g/mol. The van der Waals surface area contributed by atoms with Crippen LogP contribution in [0.15, 0.2) is 59.1 Å². The van der Waals surface area contributed by atoms with Gasteiger partial charge in [0.1, 0.15) is 0 Å². The quantitative estimate of drug-likeness (QED) is 0.728. The zero-order valence-corrected chi connectivity index (χ0v) is 11.4. The minimum atomic E-state index is 0.521. The van der Waals surface area contributed by atoms with E-state index in [9.17, 15) is 0 Å². The summed E-state index contributed by atoms with van der Waals surface area (Å²) in [6.45, 7) is 0. The lowest BCUT2D eigenvalue weighted by Gasteiger charge is -2.00. The molecule has 0 aliphatic heterocycles. The molecule has 0 spiro atoms. The molecule has 0 atom stereocenters. The van der Waals surface area contributed by atoms with Gasteiger partial charge < -0.3 is 0 Å². The van der Waals surface area contributed by atoms with Crippen molar-refractivity contribution in [2.24, 2.45) is 0 Å². The van der Waals surface area contributed by atoms with Gasteiger partial charge in [0.2, 0.25) is 11.6 Å². The standard InChI is InChI=1S/C14H9BrN4/c15-12-8-6-11(7-9-12)14-18-16-13(17-19-14)10-4-2-1-3-5-10/h1-9H. The molecular formula is C14H9BrN4. The summed E-state index contributed by atoms with van der Waals surface area (Å²) >= 11 is 3.39. The lowest BCUT2D eigenvalue weighted by molar-refractivity contribution is 0.876. The average Bonchev–Trinajstić information content (AvgIpc) is 2.49. The lowest BCUT2D eigenvalue weighted by Crippen LogP contribution is -1.98. The van der Waals surface area contributed by atoms with Crippen molar-refractivity contribution >= 4 is 15.9 Å². The predicted octanol–water partition coefficient (Wildman–Crippen LogP) is 3.36. The molecule has 0 saturated carbocycles. The Bertz CT molecular complexity index is 666. The van der Waals surface area contributed by atoms with Crippen LogP contribution in [0.1, 0.15) is 0 Å². The third kappa shape index (κ3) is 2.66. The molecule has 92 valence electrons. The summed E-state index contributed by atoms with van der Waals surface area (Å²) < 4.78 is 1.01. The first-order valence-electron chi connectivity index (χ1n) is 5.72. The highest BCUT2D eigenvalue weighted by Crippen LogP contribution is 2.18. The molecule has 0 unspecified atom stereocenters. The highest BCUT2D eigenvalue weighted by atomic mass is 79.9. The highest BCUT2D eigenvalue weighted by Gasteiger charge is 2.05. The van der Waals surface area contributed by atoms with Crippen LogP contribution in [-0.4, -0.2) is 20.4 Å². The Kier molecular flexibility index (Phi) is 3.29. The second-order valence-corrected chi connectivity index (χ2v) is 4.84. The van der Waals surface area contributed by atoms with Gasteiger partial charge in [-0.25, -0.2) is 0 Å². The molecule has 0 N–H and O–H groups in total. The maximum atomic E-state index is 4.12. The molecule has 0 saturated heterocycles. The van der Waals surface area contributed by atoms with Crippen molar-refractivity contribution in [1.82, 2.24) is 20.4 Å². The molecule has 3 rings (SSSR count). The van der Waals surface area contributed by atoms with E-state index in [1.54, 1.807) is 0 Å². The Labute approximate surface area is 118 Å². The van der Waals surface area contributed by atoms with Gasteiger partial charge in [-0.3, -0.25) is 0 Å². The molecule has 5 heteroatoms. The third-order valence-corrected chi connectivity index (χ3v) is 3.14. The molecule has 0 fully saturated rings. The monoisotopic (exact) mass is 312 g/mol. The van der Waals surface area contributed by atoms with Gasteiger partial charge in [0.15, 0.2) is 0 Å². The number of nitrogens with zero attached hydrogens (tertiary/aromatic N) is 4. The summed E-state index contributed by atoms with van der Waals surface area (Å²) in [6.07, 6.45) is 0. The van der Waals surface area contributed by atoms with Crippen LogP contribution in [0.3, 0.4) is 0 Å². The van der Waals surface area contributed by atoms with Crippen LogP contribution in [0.4, 0.5) is 0 Å². The van der Waals surface area contributed by atoms with Crippen LogP contribution in [0.5, 0.6) is 0 Å². The zero-order chi connectivity index (χ0) is 13.1. The molecule has 1 heterocycles. The first-order chi connectivity index (χ1) is 9.33. The van der Waals surface area contributed by atoms with Gasteiger partial charge in [0.25, 0.3) is 0 Å². The van der Waals surface area contributed by atoms with E-state index >= 15 is 0 Å². The lowest BCUT2D eigenvalue weighted by atomic mass is 10.2. The fourth-order valence-corrected chi connectivity index (χ4v) is 1.91. The number of halogens is 1.